The number of esters is 1. The molecule has 0 saturated heterocycles. The third kappa shape index (κ3) is 3.39. The van der Waals surface area contributed by atoms with Gasteiger partial charge in [-0.25, -0.2) is 0 Å². The third-order valence-corrected chi connectivity index (χ3v) is 2.83. The number of nitrogens with one attached hydrogen (secondary N) is 1. The second kappa shape index (κ2) is 6.25. The maximum Gasteiger partial charge on any atom is 0.325 e. The predicted molar refractivity (Wildman–Crippen MR) is 73.5 cm³/mol. The first-order valence-corrected chi connectivity index (χ1v) is 6.18. The Kier molecular flexibility index (Phi) is 4.42. The summed E-state index contributed by atoms with van der Waals surface area (Å²) in [6, 6.07) is 10.3. The quantitative estimate of drug-likeness (QED) is 0.880. The minimum Gasteiger partial charge on any atom is -0.468 e. The molecule has 6 heteroatoms. The van der Waals surface area contributed by atoms with Crippen LogP contribution in [0.15, 0.2) is 40.8 Å². The maximum atomic E-state index is 11.7. The number of amides is 1. The fourth-order valence-corrected chi connectivity index (χ4v) is 1.67. The number of hydrogen-bond donors (Lipinski definition) is 1. The molecule has 1 aromatic heterocycles. The molecule has 0 saturated carbocycles. The number of furan rings is 1. The molecule has 0 aliphatic rings. The molecule has 1 N–H and O–H groups in total. The van der Waals surface area contributed by atoms with Crippen LogP contribution < -0.4 is 5.32 Å². The molecule has 2 rings (SSSR count). The Labute approximate surface area is 120 Å². The van der Waals surface area contributed by atoms with Crippen molar-refractivity contribution in [2.24, 2.45) is 0 Å². The van der Waals surface area contributed by atoms with Crippen LogP contribution in [0.25, 0.3) is 11.3 Å². The summed E-state index contributed by atoms with van der Waals surface area (Å²) >= 11 is 5.80. The summed E-state index contributed by atoms with van der Waals surface area (Å²) in [5.41, 5.74) is 0.807. The highest BCUT2D eigenvalue weighted by atomic mass is 35.5. The van der Waals surface area contributed by atoms with E-state index in [1.807, 2.05) is 0 Å². The van der Waals surface area contributed by atoms with Crippen LogP contribution in [0.1, 0.15) is 10.6 Å². The lowest BCUT2D eigenvalue weighted by Gasteiger charge is -2.01. The Morgan fingerprint density at radius 3 is 2.55 bits per heavy atom. The van der Waals surface area contributed by atoms with Gasteiger partial charge in [-0.15, -0.1) is 0 Å². The van der Waals surface area contributed by atoms with E-state index >= 15 is 0 Å². The summed E-state index contributed by atoms with van der Waals surface area (Å²) in [5.74, 6) is -0.331. The molecule has 0 fully saturated rings. The molecule has 0 aliphatic heterocycles. The minimum atomic E-state index is -0.525. The molecule has 104 valence electrons. The van der Waals surface area contributed by atoms with Crippen molar-refractivity contribution in [1.82, 2.24) is 5.32 Å². The zero-order valence-electron chi connectivity index (χ0n) is 10.7. The number of ether oxygens (including phenoxy) is 1. The first-order chi connectivity index (χ1) is 9.60. The first kappa shape index (κ1) is 14.1. The van der Waals surface area contributed by atoms with Crippen LogP contribution in [0.4, 0.5) is 0 Å². The Balaban J connectivity index is 2.06. The number of benzene rings is 1. The van der Waals surface area contributed by atoms with Crippen molar-refractivity contribution in [3.63, 3.8) is 0 Å². The van der Waals surface area contributed by atoms with Crippen molar-refractivity contribution >= 4 is 23.5 Å². The van der Waals surface area contributed by atoms with E-state index in [0.29, 0.717) is 10.8 Å². The lowest BCUT2D eigenvalue weighted by molar-refractivity contribution is -0.139. The molecule has 0 atom stereocenters. The number of halogens is 1. The fraction of sp³-hybridized carbons (Fsp3) is 0.143. The van der Waals surface area contributed by atoms with Gasteiger partial charge in [0.15, 0.2) is 5.76 Å². The Morgan fingerprint density at radius 2 is 1.90 bits per heavy atom. The monoisotopic (exact) mass is 293 g/mol. The largest absolute Gasteiger partial charge is 0.468 e. The number of hydrogen-bond acceptors (Lipinski definition) is 4. The summed E-state index contributed by atoms with van der Waals surface area (Å²) in [7, 11) is 1.25. The van der Waals surface area contributed by atoms with Crippen molar-refractivity contribution in [1.29, 1.82) is 0 Å². The van der Waals surface area contributed by atoms with Gasteiger partial charge < -0.3 is 14.5 Å². The van der Waals surface area contributed by atoms with E-state index in [-0.39, 0.29) is 12.3 Å². The zero-order chi connectivity index (χ0) is 14.5. The summed E-state index contributed by atoms with van der Waals surface area (Å²) in [4.78, 5) is 22.7. The van der Waals surface area contributed by atoms with E-state index in [1.54, 1.807) is 30.3 Å². The van der Waals surface area contributed by atoms with E-state index in [0.717, 1.165) is 5.56 Å². The lowest BCUT2D eigenvalue weighted by atomic mass is 10.2. The maximum absolute atomic E-state index is 11.7. The van der Waals surface area contributed by atoms with Crippen LogP contribution in [-0.2, 0) is 9.53 Å². The van der Waals surface area contributed by atoms with Gasteiger partial charge in [-0.3, -0.25) is 9.59 Å². The van der Waals surface area contributed by atoms with Crippen LogP contribution in [-0.4, -0.2) is 25.5 Å². The standard InChI is InChI=1S/C14H12ClNO4/c1-19-13(17)8-16-14(18)12-7-6-11(20-12)9-2-4-10(15)5-3-9/h2-7H,8H2,1H3,(H,16,18). The second-order valence-corrected chi connectivity index (χ2v) is 4.37. The minimum absolute atomic E-state index is 0.124. The highest BCUT2D eigenvalue weighted by Gasteiger charge is 2.13. The van der Waals surface area contributed by atoms with E-state index in [1.165, 1.54) is 13.2 Å². The first-order valence-electron chi connectivity index (χ1n) is 5.81. The van der Waals surface area contributed by atoms with Gasteiger partial charge in [-0.05, 0) is 36.4 Å². The number of rotatable bonds is 4. The van der Waals surface area contributed by atoms with E-state index in [9.17, 15) is 9.59 Å². The van der Waals surface area contributed by atoms with Gasteiger partial charge in [-0.1, -0.05) is 11.6 Å². The molecular formula is C14H12ClNO4. The van der Waals surface area contributed by atoms with Crippen molar-refractivity contribution < 1.29 is 18.7 Å². The van der Waals surface area contributed by atoms with Gasteiger partial charge in [0.25, 0.3) is 5.91 Å². The highest BCUT2D eigenvalue weighted by molar-refractivity contribution is 6.30. The van der Waals surface area contributed by atoms with Gasteiger partial charge in [-0.2, -0.15) is 0 Å². The van der Waals surface area contributed by atoms with Gasteiger partial charge >= 0.3 is 5.97 Å². The van der Waals surface area contributed by atoms with Crippen molar-refractivity contribution in [3.05, 3.63) is 47.2 Å². The summed E-state index contributed by atoms with van der Waals surface area (Å²) in [6.45, 7) is -0.202. The SMILES string of the molecule is COC(=O)CNC(=O)c1ccc(-c2ccc(Cl)cc2)o1. The van der Waals surface area contributed by atoms with E-state index < -0.39 is 11.9 Å². The molecule has 1 aromatic carbocycles. The Hall–Kier alpha value is -2.27. The number of carbonyl (C=O) groups excluding carboxylic acids is 2. The Morgan fingerprint density at radius 1 is 1.20 bits per heavy atom. The molecule has 0 radical (unpaired) electrons. The molecular weight excluding hydrogens is 282 g/mol. The number of carbonyl (C=O) groups is 2. The fourth-order valence-electron chi connectivity index (χ4n) is 1.54. The van der Waals surface area contributed by atoms with Crippen LogP contribution in [0.2, 0.25) is 5.02 Å². The molecule has 1 amide bonds. The molecule has 20 heavy (non-hydrogen) atoms. The molecule has 0 unspecified atom stereocenters. The van der Waals surface area contributed by atoms with Crippen LogP contribution >= 0.6 is 11.6 Å². The molecule has 1 heterocycles. The van der Waals surface area contributed by atoms with Gasteiger partial charge in [0.05, 0.1) is 7.11 Å². The smallest absolute Gasteiger partial charge is 0.325 e. The highest BCUT2D eigenvalue weighted by Crippen LogP contribution is 2.23. The topological polar surface area (TPSA) is 68.5 Å². The van der Waals surface area contributed by atoms with Crippen molar-refractivity contribution in [3.8, 4) is 11.3 Å². The summed E-state index contributed by atoms with van der Waals surface area (Å²) in [6.07, 6.45) is 0. The molecule has 0 aliphatic carbocycles. The molecule has 2 aromatic rings. The average molecular weight is 294 g/mol. The van der Waals surface area contributed by atoms with Crippen molar-refractivity contribution in [2.75, 3.05) is 13.7 Å². The van der Waals surface area contributed by atoms with E-state index in [2.05, 4.69) is 10.1 Å². The summed E-state index contributed by atoms with van der Waals surface area (Å²) < 4.78 is 9.86. The lowest BCUT2D eigenvalue weighted by Crippen LogP contribution is -2.29. The van der Waals surface area contributed by atoms with Crippen molar-refractivity contribution in [2.45, 2.75) is 0 Å². The summed E-state index contributed by atoms with van der Waals surface area (Å²) in [5, 5.41) is 3.02. The van der Waals surface area contributed by atoms with Crippen LogP contribution in [0.3, 0.4) is 0 Å². The normalized spacial score (nSPS) is 10.1. The van der Waals surface area contributed by atoms with Crippen LogP contribution in [0, 0.1) is 0 Å². The molecule has 0 spiro atoms. The molecule has 0 bridgehead atoms. The zero-order valence-corrected chi connectivity index (χ0v) is 11.4. The van der Waals surface area contributed by atoms with Crippen LogP contribution in [0.5, 0.6) is 0 Å². The average Bonchev–Trinajstić information content (AvgIpc) is 2.95. The van der Waals surface area contributed by atoms with Gasteiger partial charge in [0, 0.05) is 10.6 Å². The second-order valence-electron chi connectivity index (χ2n) is 3.93. The third-order valence-electron chi connectivity index (χ3n) is 2.58. The van der Waals surface area contributed by atoms with Gasteiger partial charge in [0.1, 0.15) is 12.3 Å². The Bertz CT molecular complexity index is 618. The number of methoxy groups -OCH3 is 1. The van der Waals surface area contributed by atoms with E-state index in [4.69, 9.17) is 16.0 Å². The molecule has 5 nitrogen and oxygen atoms in total. The van der Waals surface area contributed by atoms with Gasteiger partial charge in [0.2, 0.25) is 0 Å². The predicted octanol–water partition coefficient (Wildman–Crippen LogP) is 2.50.